The van der Waals surface area contributed by atoms with Crippen molar-refractivity contribution in [2.24, 2.45) is 0 Å². The summed E-state index contributed by atoms with van der Waals surface area (Å²) in [5.41, 5.74) is 39.2. The van der Waals surface area contributed by atoms with Crippen molar-refractivity contribution in [2.75, 3.05) is 4.90 Å². The minimum absolute atomic E-state index is 0.0235. The molecule has 3 heteroatoms. The topological polar surface area (TPSA) is 29.5 Å². The molecule has 20 rings (SSSR count). The van der Waals surface area contributed by atoms with E-state index in [9.17, 15) is 0 Å². The van der Waals surface area contributed by atoms with Gasteiger partial charge in [-0.2, -0.15) is 0 Å². The van der Waals surface area contributed by atoms with Gasteiger partial charge in [0.2, 0.25) is 0 Å². The fraction of sp³-hybridized carbons (Fsp3) is 0.339. The lowest BCUT2D eigenvalue weighted by Gasteiger charge is -2.35. The zero-order valence-corrected chi connectivity index (χ0v) is 71.8. The Labute approximate surface area is 701 Å². The van der Waals surface area contributed by atoms with E-state index in [1.54, 1.807) is 11.1 Å². The van der Waals surface area contributed by atoms with Crippen molar-refractivity contribution in [3.05, 3.63) is 292 Å². The van der Waals surface area contributed by atoms with E-state index in [0.29, 0.717) is 0 Å². The van der Waals surface area contributed by atoms with Crippen molar-refractivity contribution in [3.63, 3.8) is 0 Å². The van der Waals surface area contributed by atoms with Gasteiger partial charge in [-0.15, -0.1) is 0 Å². The van der Waals surface area contributed by atoms with Gasteiger partial charge >= 0.3 is 0 Å². The summed E-state index contributed by atoms with van der Waals surface area (Å²) < 4.78 is 14.7. The predicted molar refractivity (Wildman–Crippen MR) is 503 cm³/mol. The lowest BCUT2D eigenvalue weighted by Crippen LogP contribution is -2.26. The van der Waals surface area contributed by atoms with Gasteiger partial charge in [0.25, 0.3) is 0 Å². The average Bonchev–Trinajstić information content (AvgIpc) is 1.51. The molecule has 3 nitrogen and oxygen atoms in total. The first-order valence-corrected chi connectivity index (χ1v) is 45.9. The molecule has 0 aliphatic heterocycles. The van der Waals surface area contributed by atoms with Crippen LogP contribution >= 0.6 is 0 Å². The van der Waals surface area contributed by atoms with Crippen molar-refractivity contribution >= 4 is 71.7 Å². The molecule has 0 amide bonds. The normalized spacial score (nSPS) is 15.3. The molecule has 0 saturated heterocycles. The summed E-state index contributed by atoms with van der Waals surface area (Å²) in [6, 6.07) is 93.0. The minimum Gasteiger partial charge on any atom is -0.455 e. The quantitative estimate of drug-likeness (QED) is 0.0438. The number of nitrogens with zero attached hydrogens (tertiary/aromatic N) is 1. The van der Waals surface area contributed by atoms with Crippen molar-refractivity contribution in [2.45, 2.75) is 250 Å². The third kappa shape index (κ3) is 11.9. The number of benzene rings is 13. The molecular formula is C115H117NO2. The minimum atomic E-state index is -0.380. The van der Waals surface area contributed by atoms with E-state index in [1.807, 2.05) is 0 Å². The van der Waals surface area contributed by atoms with Crippen LogP contribution in [-0.2, 0) is 27.1 Å². The number of furan rings is 2. The molecular weight excluding hydrogens is 1430 g/mol. The first-order valence-electron chi connectivity index (χ1n) is 45.9. The number of rotatable bonds is 29. The maximum absolute atomic E-state index is 7.51. The highest BCUT2D eigenvalue weighted by atomic mass is 16.3. The molecule has 15 aromatic rings. The van der Waals surface area contributed by atoms with Crippen LogP contribution in [0.15, 0.2) is 245 Å². The second-order valence-corrected chi connectivity index (χ2v) is 37.8. The SMILES string of the molecule is CCCCCCCC1(CCCCCCC)c2ccccc2-c2ccc(-c3ccc4c(c3)C(C)(C)c3cc(-c5cc6c(c7c5oc5ccccc57)-c5ccc(N(c7ccc8c(c7)C(C)(C)c7c9c(c%10oc%11ccccc%11c%10c7-8)-c7ccccc7C9(C)C)c7cccc8ccccc78)cc5C6(CCCCCCC)CCCCCCC)ccc3-4)cc21. The monoisotopic (exact) mass is 1540 g/mol. The maximum Gasteiger partial charge on any atom is 0.144 e. The predicted octanol–water partition coefficient (Wildman–Crippen LogP) is 34.3. The largest absolute Gasteiger partial charge is 0.455 e. The van der Waals surface area contributed by atoms with E-state index >= 15 is 0 Å². The molecule has 5 aliphatic rings. The van der Waals surface area contributed by atoms with Crippen LogP contribution in [0.1, 0.15) is 279 Å². The summed E-state index contributed by atoms with van der Waals surface area (Å²) in [5.74, 6) is 0. The van der Waals surface area contributed by atoms with Gasteiger partial charge in [0.1, 0.15) is 22.3 Å². The highest BCUT2D eigenvalue weighted by Gasteiger charge is 2.51. The second kappa shape index (κ2) is 30.1. The summed E-state index contributed by atoms with van der Waals surface area (Å²) in [7, 11) is 0. The highest BCUT2D eigenvalue weighted by molar-refractivity contribution is 6.22. The zero-order chi connectivity index (χ0) is 80.4. The Morgan fingerprint density at radius 2 is 0.661 bits per heavy atom. The number of anilines is 3. The molecule has 594 valence electrons. The third-order valence-electron chi connectivity index (χ3n) is 29.8. The van der Waals surface area contributed by atoms with Crippen LogP contribution in [0.4, 0.5) is 17.1 Å². The van der Waals surface area contributed by atoms with Crippen LogP contribution in [0.2, 0.25) is 0 Å². The van der Waals surface area contributed by atoms with E-state index in [1.165, 1.54) is 295 Å². The Morgan fingerprint density at radius 3 is 1.26 bits per heavy atom. The lowest BCUT2D eigenvalue weighted by molar-refractivity contribution is 0.399. The zero-order valence-electron chi connectivity index (χ0n) is 71.8. The Bertz CT molecular complexity index is 6420. The Morgan fingerprint density at radius 1 is 0.263 bits per heavy atom. The standard InChI is InChI=1S/C115H117NO2/c1-11-15-19-23-37-64-114(65-38-24-20-16-12-2)92-50-34-29-45-81(92)84-60-55-76(69-96(84)114)75-54-59-82-83-61-56-77(70-94(83)111(5,6)93(82)68-75)90-73-98-102(104-88-47-31-35-52-100(88)117-109(90)104)87-63-58-79(72-97(87)115(98,66-39-25-21-17-13-3)67-40-26-22-18-14-4)116(99-51-41-43-74-42-27-28-44-80(74)99)78-57-62-86-95(71-78)113(9,10)107-103(86)105-89-48-32-36-53-101(89)118-110(105)106-85-46-30-33-49-91(85)112(7,8)108(106)107/h27-36,41-63,68-73H,11-26,37-40,64-67H2,1-10H3. The van der Waals surface area contributed by atoms with Gasteiger partial charge in [-0.3, -0.25) is 0 Å². The van der Waals surface area contributed by atoms with Gasteiger partial charge in [-0.05, 0) is 220 Å². The van der Waals surface area contributed by atoms with Gasteiger partial charge in [0, 0.05) is 76.5 Å². The van der Waals surface area contributed by atoms with E-state index in [-0.39, 0.29) is 27.1 Å². The highest BCUT2D eigenvalue weighted by Crippen LogP contribution is 2.66. The van der Waals surface area contributed by atoms with Gasteiger partial charge in [0.15, 0.2) is 0 Å². The first-order chi connectivity index (χ1) is 57.6. The average molecular weight is 1550 g/mol. The van der Waals surface area contributed by atoms with Crippen LogP contribution < -0.4 is 4.90 Å². The molecule has 5 aliphatic carbocycles. The van der Waals surface area contributed by atoms with Crippen molar-refractivity contribution in [1.29, 1.82) is 0 Å². The Hall–Kier alpha value is -10.5. The molecule has 0 fully saturated rings. The fourth-order valence-electron chi connectivity index (χ4n) is 23.9. The number of para-hydroxylation sites is 2. The van der Waals surface area contributed by atoms with Gasteiger partial charge < -0.3 is 13.7 Å². The van der Waals surface area contributed by atoms with Crippen molar-refractivity contribution in [3.8, 4) is 77.9 Å². The number of fused-ring (bicyclic) bond motifs is 26. The van der Waals surface area contributed by atoms with Gasteiger partial charge in [-0.1, -0.05) is 368 Å². The number of hydrogen-bond acceptors (Lipinski definition) is 3. The number of unbranched alkanes of at least 4 members (excludes halogenated alkanes) is 16. The molecule has 0 N–H and O–H groups in total. The van der Waals surface area contributed by atoms with Crippen molar-refractivity contribution in [1.82, 2.24) is 0 Å². The third-order valence-corrected chi connectivity index (χ3v) is 29.8. The maximum atomic E-state index is 7.51. The first kappa shape index (κ1) is 76.2. The molecule has 0 atom stereocenters. The van der Waals surface area contributed by atoms with Crippen molar-refractivity contribution < 1.29 is 8.83 Å². The van der Waals surface area contributed by atoms with Gasteiger partial charge in [-0.25, -0.2) is 0 Å². The molecule has 0 unspecified atom stereocenters. The summed E-state index contributed by atoms with van der Waals surface area (Å²) in [6.07, 6.45) is 29.8. The summed E-state index contributed by atoms with van der Waals surface area (Å²) in [5, 5.41) is 7.31. The number of hydrogen-bond donors (Lipinski definition) is 0. The molecule has 118 heavy (non-hydrogen) atoms. The van der Waals surface area contributed by atoms with Crippen LogP contribution in [0.25, 0.3) is 133 Å². The van der Waals surface area contributed by atoms with Crippen LogP contribution in [0.5, 0.6) is 0 Å². The smallest absolute Gasteiger partial charge is 0.144 e. The van der Waals surface area contributed by atoms with E-state index < -0.39 is 0 Å². The molecule has 0 bridgehead atoms. The van der Waals surface area contributed by atoms with E-state index in [0.717, 1.165) is 53.7 Å². The van der Waals surface area contributed by atoms with Crippen LogP contribution in [-0.4, -0.2) is 0 Å². The van der Waals surface area contributed by atoms with Crippen LogP contribution in [0.3, 0.4) is 0 Å². The molecule has 2 aromatic heterocycles. The van der Waals surface area contributed by atoms with E-state index in [2.05, 4.69) is 311 Å². The lowest BCUT2D eigenvalue weighted by atomic mass is 9.70. The van der Waals surface area contributed by atoms with Crippen LogP contribution in [0, 0.1) is 0 Å². The Kier molecular flexibility index (Phi) is 19.4. The summed E-state index contributed by atoms with van der Waals surface area (Å²) in [4.78, 5) is 2.65. The fourth-order valence-corrected chi connectivity index (χ4v) is 23.9. The second-order valence-electron chi connectivity index (χ2n) is 37.8. The molecule has 0 spiro atoms. The summed E-state index contributed by atoms with van der Waals surface area (Å²) in [6.45, 7) is 24.3. The molecule has 0 radical (unpaired) electrons. The molecule has 0 saturated carbocycles. The molecule has 13 aromatic carbocycles. The van der Waals surface area contributed by atoms with Gasteiger partial charge in [0.05, 0.1) is 5.69 Å². The Balaban J connectivity index is 0.736. The molecule has 2 heterocycles. The summed E-state index contributed by atoms with van der Waals surface area (Å²) >= 11 is 0. The van der Waals surface area contributed by atoms with E-state index in [4.69, 9.17) is 8.83 Å².